The first kappa shape index (κ1) is 54.8. The molecule has 24 heteroatoms. The van der Waals surface area contributed by atoms with E-state index in [2.05, 4.69) is 0 Å². The van der Waals surface area contributed by atoms with Gasteiger partial charge in [-0.15, -0.1) is 0 Å². The zero-order valence-corrected chi connectivity index (χ0v) is 37.6. The number of carbonyl (C=O) groups is 2. The first-order valence-electron chi connectivity index (χ1n) is 21.3. The van der Waals surface area contributed by atoms with Crippen LogP contribution in [0.1, 0.15) is 59.3 Å². The fourth-order valence-corrected chi connectivity index (χ4v) is 7.42. The Morgan fingerprint density at radius 2 is 0.894 bits per heavy atom. The van der Waals surface area contributed by atoms with Gasteiger partial charge in [-0.1, -0.05) is 20.8 Å². The molecule has 66 heavy (non-hydrogen) atoms. The van der Waals surface area contributed by atoms with Gasteiger partial charge in [0.25, 0.3) is 0 Å². The van der Waals surface area contributed by atoms with Crippen molar-refractivity contribution in [2.75, 3.05) is 19.8 Å². The lowest BCUT2D eigenvalue weighted by atomic mass is 9.94. The molecular formula is C42H64O24. The maximum absolute atomic E-state index is 11.9. The number of ether oxygens (including phenoxy) is 8. The number of rotatable bonds is 10. The average molecular weight is 953 g/mol. The molecule has 3 saturated heterocycles. The van der Waals surface area contributed by atoms with Crippen LogP contribution in [0.25, 0.3) is 0 Å². The maximum atomic E-state index is 11.9. The van der Waals surface area contributed by atoms with Crippen molar-refractivity contribution in [3.63, 3.8) is 0 Å². The predicted molar refractivity (Wildman–Crippen MR) is 218 cm³/mol. The summed E-state index contributed by atoms with van der Waals surface area (Å²) in [6, 6.07) is 1.44. The first-order chi connectivity index (χ1) is 30.9. The molecule has 1 aromatic heterocycles. The van der Waals surface area contributed by atoms with E-state index in [4.69, 9.17) is 52.5 Å². The predicted octanol–water partition coefficient (Wildman–Crippen LogP) is -3.86. The molecule has 24 nitrogen and oxygen atoms in total. The molecule has 0 amide bonds. The molecule has 5 aliphatic rings. The molecular weight excluding hydrogens is 888 g/mol. The second-order valence-corrected chi connectivity index (χ2v) is 16.6. The van der Waals surface area contributed by atoms with Crippen LogP contribution >= 0.6 is 0 Å². The second kappa shape index (κ2) is 23.5. The van der Waals surface area contributed by atoms with Gasteiger partial charge in [-0.25, -0.2) is 14.4 Å². The molecule has 0 spiro atoms. The van der Waals surface area contributed by atoms with Crippen LogP contribution in [0.2, 0.25) is 0 Å². The zero-order chi connectivity index (χ0) is 49.6. The summed E-state index contributed by atoms with van der Waals surface area (Å²) >= 11 is 0. The molecule has 12 N–H and O–H groups in total. The van der Waals surface area contributed by atoms with Crippen molar-refractivity contribution < 1.29 is 113 Å². The second-order valence-electron chi connectivity index (χ2n) is 16.6. The van der Waals surface area contributed by atoms with Gasteiger partial charge in [0, 0.05) is 6.07 Å². The SMILES string of the molecule is CC1=C(OC2OC(CO)C(O)C(O)C2O)C(C)C(C)OC1=O.CCC1OC(=O)C(C)=C(OC2OC(CO)C(O)C(O)C2O)C1C.Cc1cc(OC2OC(CO)C(O)C(O)C2O)c(C)c(=O)o1. The molecule has 0 radical (unpaired) electrons. The van der Waals surface area contributed by atoms with Crippen molar-refractivity contribution >= 4 is 11.9 Å². The summed E-state index contributed by atoms with van der Waals surface area (Å²) in [5, 5.41) is 116. The third kappa shape index (κ3) is 12.1. The van der Waals surface area contributed by atoms with Gasteiger partial charge in [0.2, 0.25) is 18.9 Å². The fourth-order valence-electron chi connectivity index (χ4n) is 7.42. The van der Waals surface area contributed by atoms with E-state index in [-0.39, 0.29) is 40.4 Å². The van der Waals surface area contributed by atoms with Crippen molar-refractivity contribution in [1.29, 1.82) is 0 Å². The Morgan fingerprint density at radius 1 is 0.515 bits per heavy atom. The van der Waals surface area contributed by atoms with Gasteiger partial charge in [0.05, 0.1) is 48.4 Å². The summed E-state index contributed by atoms with van der Waals surface area (Å²) in [7, 11) is 0. The van der Waals surface area contributed by atoms with E-state index in [1.165, 1.54) is 19.9 Å². The van der Waals surface area contributed by atoms with E-state index in [0.29, 0.717) is 23.7 Å². The summed E-state index contributed by atoms with van der Waals surface area (Å²) in [6.45, 7) is 11.7. The molecule has 5 aliphatic heterocycles. The molecule has 1 aromatic rings. The minimum atomic E-state index is -1.54. The molecule has 0 aromatic carbocycles. The number of cyclic esters (lactones) is 2. The Bertz CT molecular complexity index is 1910. The zero-order valence-electron chi connectivity index (χ0n) is 37.6. The minimum Gasteiger partial charge on any atom is -0.465 e. The Morgan fingerprint density at radius 3 is 1.29 bits per heavy atom. The topological polar surface area (TPSA) is 381 Å². The number of aliphatic hydroxyl groups excluding tert-OH is 12. The van der Waals surface area contributed by atoms with Crippen molar-refractivity contribution in [1.82, 2.24) is 0 Å². The normalized spacial score (nSPS) is 39.4. The van der Waals surface area contributed by atoms with Crippen LogP contribution in [-0.4, -0.2) is 197 Å². The van der Waals surface area contributed by atoms with E-state index >= 15 is 0 Å². The lowest BCUT2D eigenvalue weighted by molar-refractivity contribution is -0.294. The van der Waals surface area contributed by atoms with Crippen molar-refractivity contribution in [2.24, 2.45) is 11.8 Å². The van der Waals surface area contributed by atoms with Gasteiger partial charge >= 0.3 is 17.6 Å². The molecule has 6 heterocycles. The highest BCUT2D eigenvalue weighted by Gasteiger charge is 2.48. The fraction of sp³-hybridized carbons (Fsp3) is 0.738. The largest absolute Gasteiger partial charge is 0.465 e. The summed E-state index contributed by atoms with van der Waals surface area (Å²) in [5.41, 5.74) is 0.105. The van der Waals surface area contributed by atoms with E-state index < -0.39 is 136 Å². The van der Waals surface area contributed by atoms with E-state index in [0.717, 1.165) is 0 Å². The summed E-state index contributed by atoms with van der Waals surface area (Å²) in [4.78, 5) is 35.2. The third-order valence-electron chi connectivity index (χ3n) is 11.9. The number of hydrogen-bond donors (Lipinski definition) is 12. The van der Waals surface area contributed by atoms with Crippen molar-refractivity contribution in [2.45, 2.75) is 166 Å². The Hall–Kier alpha value is -3.83. The van der Waals surface area contributed by atoms with Gasteiger partial charge in [-0.2, -0.15) is 0 Å². The minimum absolute atomic E-state index is 0.132. The van der Waals surface area contributed by atoms with Crippen LogP contribution in [0.4, 0.5) is 0 Å². The van der Waals surface area contributed by atoms with E-state index in [1.54, 1.807) is 27.7 Å². The summed E-state index contributed by atoms with van der Waals surface area (Å²) in [6.07, 6.45) is -20.8. The Kier molecular flexibility index (Phi) is 19.5. The van der Waals surface area contributed by atoms with Crippen LogP contribution < -0.4 is 10.4 Å². The van der Waals surface area contributed by atoms with Crippen molar-refractivity contribution in [3.8, 4) is 5.75 Å². The summed E-state index contributed by atoms with van der Waals surface area (Å²) in [5.74, 6) is -0.473. The average Bonchev–Trinajstić information content (AvgIpc) is 3.29. The third-order valence-corrected chi connectivity index (χ3v) is 11.9. The number of esters is 2. The van der Waals surface area contributed by atoms with Gasteiger partial charge in [0.15, 0.2) is 0 Å². The molecule has 376 valence electrons. The number of hydrogen-bond acceptors (Lipinski definition) is 24. The number of carbonyl (C=O) groups excluding carboxylic acids is 2. The highest BCUT2D eigenvalue weighted by Crippen LogP contribution is 2.35. The quantitative estimate of drug-likeness (QED) is 0.0999. The lowest BCUT2D eigenvalue weighted by Crippen LogP contribution is -2.60. The van der Waals surface area contributed by atoms with Gasteiger partial charge < -0.3 is 104 Å². The smallest absolute Gasteiger partial charge is 0.342 e. The maximum Gasteiger partial charge on any atom is 0.342 e. The summed E-state index contributed by atoms with van der Waals surface area (Å²) < 4.78 is 47.7. The first-order valence-corrected chi connectivity index (χ1v) is 21.3. The molecule has 0 aliphatic carbocycles. The Balaban J connectivity index is 0.000000217. The standard InChI is InChI=1S/C15H24O8.C14H22O8.C13H18O8/c1-4-8-6(2)13(7(3)14(20)21-8)23-15-12(19)11(18)10(17)9(5-16)22-15;1-5-7(3)20-13(19)6(2)12(5)22-14-11(18)10(17)9(16)8(4-15)21-14;1-5-3-7(6(2)12(18)19-5)20-13-11(17)10(16)9(15)8(4-14)21-13/h6,8-12,15-19H,4-5H2,1-3H3;5,7-11,14-18H,4H2,1-3H3;3,8-11,13-17H,4H2,1-2H3. The monoisotopic (exact) mass is 952 g/mol. The van der Waals surface area contributed by atoms with E-state index in [1.807, 2.05) is 13.8 Å². The Labute approximate surface area is 378 Å². The molecule has 0 bridgehead atoms. The lowest BCUT2D eigenvalue weighted by Gasteiger charge is -2.41. The molecule has 19 atom stereocenters. The van der Waals surface area contributed by atoms with Gasteiger partial charge in [0.1, 0.15) is 108 Å². The van der Waals surface area contributed by atoms with Gasteiger partial charge in [-0.05, 0) is 41.0 Å². The molecule has 3 fully saturated rings. The van der Waals surface area contributed by atoms with E-state index in [9.17, 15) is 65.4 Å². The molecule has 6 rings (SSSR count). The number of aryl methyl sites for hydroxylation is 1. The van der Waals surface area contributed by atoms with Crippen molar-refractivity contribution in [3.05, 3.63) is 50.5 Å². The van der Waals surface area contributed by atoms with Crippen LogP contribution in [0.3, 0.4) is 0 Å². The number of aliphatic hydroxyl groups is 12. The van der Waals surface area contributed by atoms with Crippen LogP contribution in [-0.2, 0) is 42.7 Å². The highest BCUT2D eigenvalue weighted by atomic mass is 16.7. The van der Waals surface area contributed by atoms with Crippen LogP contribution in [0.5, 0.6) is 5.75 Å². The highest BCUT2D eigenvalue weighted by molar-refractivity contribution is 5.90. The van der Waals surface area contributed by atoms with Crippen LogP contribution in [0.15, 0.2) is 37.9 Å². The van der Waals surface area contributed by atoms with Crippen LogP contribution in [0, 0.1) is 25.7 Å². The molecule has 0 saturated carbocycles. The van der Waals surface area contributed by atoms with Gasteiger partial charge in [-0.3, -0.25) is 0 Å². The molecule has 19 unspecified atom stereocenters.